The fraction of sp³-hybridized carbons (Fsp3) is 0.303. The van der Waals surface area contributed by atoms with Crippen LogP contribution < -0.4 is 4.74 Å². The SMILES string of the molecule is C=CCc1ccc(O)c(-c2ccc(OC(CCN(C)C(=O)OC(C)(C)C)c3ccccc3)c(CC=C)c2)c1. The molecule has 0 radical (unpaired) electrons. The van der Waals surface area contributed by atoms with Crippen LogP contribution in [0, 0.1) is 0 Å². The van der Waals surface area contributed by atoms with Crippen molar-refractivity contribution in [3.05, 3.63) is 109 Å². The molecule has 0 aliphatic heterocycles. The maximum Gasteiger partial charge on any atom is 0.410 e. The van der Waals surface area contributed by atoms with Crippen molar-refractivity contribution in [2.75, 3.05) is 13.6 Å². The Balaban J connectivity index is 1.88. The number of amides is 1. The Bertz CT molecular complexity index is 1240. The number of hydrogen-bond donors (Lipinski definition) is 1. The number of allylic oxidation sites excluding steroid dienone is 2. The first-order valence-corrected chi connectivity index (χ1v) is 12.9. The molecule has 5 heteroatoms. The van der Waals surface area contributed by atoms with Crippen molar-refractivity contribution >= 4 is 6.09 Å². The predicted molar refractivity (Wildman–Crippen MR) is 155 cm³/mol. The Morgan fingerprint density at radius 3 is 2.37 bits per heavy atom. The second-order valence-electron chi connectivity index (χ2n) is 10.4. The average molecular weight is 514 g/mol. The Morgan fingerprint density at radius 1 is 1.00 bits per heavy atom. The highest BCUT2D eigenvalue weighted by molar-refractivity contribution is 5.72. The molecule has 0 saturated carbocycles. The highest BCUT2D eigenvalue weighted by Gasteiger charge is 2.22. The molecule has 0 bridgehead atoms. The lowest BCUT2D eigenvalue weighted by Crippen LogP contribution is -2.35. The van der Waals surface area contributed by atoms with Crippen molar-refractivity contribution in [3.8, 4) is 22.6 Å². The topological polar surface area (TPSA) is 59.0 Å². The number of benzene rings is 3. The molecule has 0 heterocycles. The van der Waals surface area contributed by atoms with Gasteiger partial charge in [-0.2, -0.15) is 0 Å². The molecule has 200 valence electrons. The second-order valence-corrected chi connectivity index (χ2v) is 10.4. The van der Waals surface area contributed by atoms with E-state index in [0.29, 0.717) is 19.4 Å². The Labute approximate surface area is 227 Å². The van der Waals surface area contributed by atoms with E-state index in [2.05, 4.69) is 13.2 Å². The van der Waals surface area contributed by atoms with Gasteiger partial charge in [-0.3, -0.25) is 0 Å². The number of aromatic hydroxyl groups is 1. The van der Waals surface area contributed by atoms with Crippen LogP contribution in [0.3, 0.4) is 0 Å². The number of ether oxygens (including phenoxy) is 2. The van der Waals surface area contributed by atoms with E-state index < -0.39 is 5.60 Å². The summed E-state index contributed by atoms with van der Waals surface area (Å²) < 4.78 is 12.1. The van der Waals surface area contributed by atoms with Gasteiger partial charge < -0.3 is 19.5 Å². The quantitative estimate of drug-likeness (QED) is 0.265. The summed E-state index contributed by atoms with van der Waals surface area (Å²) in [4.78, 5) is 14.1. The molecule has 3 aromatic carbocycles. The summed E-state index contributed by atoms with van der Waals surface area (Å²) in [5, 5.41) is 10.6. The molecule has 0 aliphatic carbocycles. The summed E-state index contributed by atoms with van der Waals surface area (Å²) in [7, 11) is 1.74. The highest BCUT2D eigenvalue weighted by Crippen LogP contribution is 2.35. The van der Waals surface area contributed by atoms with E-state index in [4.69, 9.17) is 9.47 Å². The van der Waals surface area contributed by atoms with E-state index in [1.807, 2.05) is 93.6 Å². The summed E-state index contributed by atoms with van der Waals surface area (Å²) in [5.41, 5.74) is 4.18. The van der Waals surface area contributed by atoms with Crippen molar-refractivity contribution in [2.24, 2.45) is 0 Å². The highest BCUT2D eigenvalue weighted by atomic mass is 16.6. The number of rotatable bonds is 11. The van der Waals surface area contributed by atoms with Crippen molar-refractivity contribution in [2.45, 2.75) is 51.7 Å². The zero-order chi connectivity index (χ0) is 27.7. The standard InChI is InChI=1S/C33H39NO4/c1-7-12-24-16-18-29(35)28(22-24)26-17-19-30(27(23-26)13-8-2)37-31(25-14-10-9-11-15-25)20-21-34(6)32(36)38-33(3,4)5/h7-11,14-19,22-23,31,35H,1-2,12-13,20-21H2,3-6H3. The van der Waals surface area contributed by atoms with Crippen molar-refractivity contribution in [3.63, 3.8) is 0 Å². The lowest BCUT2D eigenvalue weighted by atomic mass is 9.97. The van der Waals surface area contributed by atoms with E-state index in [1.165, 1.54) is 0 Å². The van der Waals surface area contributed by atoms with Crippen molar-refractivity contribution in [1.82, 2.24) is 4.90 Å². The molecule has 5 nitrogen and oxygen atoms in total. The number of phenolic OH excluding ortho intramolecular Hbond substituents is 1. The van der Waals surface area contributed by atoms with Crippen LogP contribution in [0.15, 0.2) is 92.0 Å². The first-order valence-electron chi connectivity index (χ1n) is 12.9. The molecule has 0 fully saturated rings. The Morgan fingerprint density at radius 2 is 1.71 bits per heavy atom. The monoisotopic (exact) mass is 513 g/mol. The van der Waals surface area contributed by atoms with E-state index in [9.17, 15) is 9.90 Å². The first kappa shape index (κ1) is 28.6. The van der Waals surface area contributed by atoms with Crippen LogP contribution in [0.25, 0.3) is 11.1 Å². The molecular weight excluding hydrogens is 474 g/mol. The Kier molecular flexibility index (Phi) is 9.78. The zero-order valence-corrected chi connectivity index (χ0v) is 22.9. The zero-order valence-electron chi connectivity index (χ0n) is 22.9. The van der Waals surface area contributed by atoms with E-state index in [-0.39, 0.29) is 17.9 Å². The summed E-state index contributed by atoms with van der Waals surface area (Å²) in [6.45, 7) is 13.8. The smallest absolute Gasteiger partial charge is 0.410 e. The van der Waals surface area contributed by atoms with Crippen LogP contribution in [0.2, 0.25) is 0 Å². The summed E-state index contributed by atoms with van der Waals surface area (Å²) >= 11 is 0. The molecule has 0 aliphatic rings. The lowest BCUT2D eigenvalue weighted by Gasteiger charge is -2.27. The fourth-order valence-corrected chi connectivity index (χ4v) is 4.14. The van der Waals surface area contributed by atoms with Gasteiger partial charge in [-0.15, -0.1) is 13.2 Å². The van der Waals surface area contributed by atoms with Crippen LogP contribution in [-0.4, -0.2) is 35.3 Å². The number of hydrogen-bond acceptors (Lipinski definition) is 4. The summed E-state index contributed by atoms with van der Waals surface area (Å²) in [6.07, 6.45) is 4.97. The number of nitrogens with zero attached hydrogens (tertiary/aromatic N) is 1. The Hall–Kier alpha value is -3.99. The van der Waals surface area contributed by atoms with Crippen LogP contribution in [0.1, 0.15) is 50.0 Å². The third kappa shape index (κ3) is 8.01. The molecule has 1 N–H and O–H groups in total. The number of carbonyl (C=O) groups excluding carboxylic acids is 1. The third-order valence-electron chi connectivity index (χ3n) is 6.05. The molecule has 0 spiro atoms. The summed E-state index contributed by atoms with van der Waals surface area (Å²) in [6, 6.07) is 21.6. The molecule has 3 aromatic rings. The van der Waals surface area contributed by atoms with Gasteiger partial charge in [0.1, 0.15) is 23.2 Å². The van der Waals surface area contributed by atoms with Gasteiger partial charge >= 0.3 is 6.09 Å². The number of phenols is 1. The molecule has 0 aromatic heterocycles. The second kappa shape index (κ2) is 13.0. The fourth-order valence-electron chi connectivity index (χ4n) is 4.14. The summed E-state index contributed by atoms with van der Waals surface area (Å²) in [5.74, 6) is 0.965. The largest absolute Gasteiger partial charge is 0.507 e. The van der Waals surface area contributed by atoms with Crippen molar-refractivity contribution < 1.29 is 19.4 Å². The molecule has 1 atom stereocenters. The van der Waals surface area contributed by atoms with Gasteiger partial charge in [0.2, 0.25) is 0 Å². The van der Waals surface area contributed by atoms with Crippen LogP contribution in [0.4, 0.5) is 4.79 Å². The molecule has 38 heavy (non-hydrogen) atoms. The average Bonchev–Trinajstić information content (AvgIpc) is 2.88. The van der Waals surface area contributed by atoms with E-state index >= 15 is 0 Å². The van der Waals surface area contributed by atoms with Gasteiger partial charge in [0.15, 0.2) is 0 Å². The van der Waals surface area contributed by atoms with Gasteiger partial charge in [0.25, 0.3) is 0 Å². The van der Waals surface area contributed by atoms with Crippen molar-refractivity contribution in [1.29, 1.82) is 0 Å². The first-order chi connectivity index (χ1) is 18.1. The van der Waals surface area contributed by atoms with E-state index in [1.54, 1.807) is 18.0 Å². The molecule has 1 amide bonds. The third-order valence-corrected chi connectivity index (χ3v) is 6.05. The minimum absolute atomic E-state index is 0.225. The normalized spacial score (nSPS) is 11.9. The van der Waals surface area contributed by atoms with E-state index in [0.717, 1.165) is 40.0 Å². The van der Waals surface area contributed by atoms with Gasteiger partial charge in [-0.05, 0) is 80.1 Å². The van der Waals surface area contributed by atoms with Crippen LogP contribution >= 0.6 is 0 Å². The molecule has 0 saturated heterocycles. The minimum Gasteiger partial charge on any atom is -0.507 e. The number of carbonyl (C=O) groups is 1. The molecular formula is C33H39NO4. The maximum atomic E-state index is 12.5. The van der Waals surface area contributed by atoms with Gasteiger partial charge in [-0.1, -0.05) is 54.6 Å². The maximum absolute atomic E-state index is 12.5. The minimum atomic E-state index is -0.554. The van der Waals surface area contributed by atoms with Gasteiger partial charge in [-0.25, -0.2) is 4.79 Å². The predicted octanol–water partition coefficient (Wildman–Crippen LogP) is 7.89. The van der Waals surface area contributed by atoms with Gasteiger partial charge in [0.05, 0.1) is 0 Å². The molecule has 3 rings (SSSR count). The lowest BCUT2D eigenvalue weighted by molar-refractivity contribution is 0.0278. The van der Waals surface area contributed by atoms with Gasteiger partial charge in [0, 0.05) is 25.6 Å². The van der Waals surface area contributed by atoms with Crippen LogP contribution in [0.5, 0.6) is 11.5 Å². The molecule has 1 unspecified atom stereocenters. The van der Waals surface area contributed by atoms with Crippen LogP contribution in [-0.2, 0) is 17.6 Å².